The van der Waals surface area contributed by atoms with Crippen LogP contribution in [0.15, 0.2) is 12.2 Å². The Morgan fingerprint density at radius 3 is 1.57 bits per heavy atom. The van der Waals surface area contributed by atoms with Gasteiger partial charge in [-0.25, -0.2) is 0 Å². The van der Waals surface area contributed by atoms with Crippen LogP contribution < -0.4 is 0 Å². The van der Waals surface area contributed by atoms with Crippen molar-refractivity contribution < 1.29 is 0 Å². The fourth-order valence-corrected chi connectivity index (χ4v) is 0.250. The molecule has 0 heterocycles. The molecule has 0 aliphatic heterocycles. The highest BCUT2D eigenvalue weighted by atomic mass is 13.8. The number of hydrogen-bond donors (Lipinski definition) is 0. The lowest BCUT2D eigenvalue weighted by atomic mass is 10.2. The van der Waals surface area contributed by atoms with E-state index in [4.69, 9.17) is 0 Å². The second-order valence-corrected chi connectivity index (χ2v) is 1.46. The molecule has 7 heavy (non-hydrogen) atoms. The molecular weight excluding hydrogens is 84.1 g/mol. The third kappa shape index (κ3) is 5.74. The minimum Gasteiger partial charge on any atom is -0.0999 e. The van der Waals surface area contributed by atoms with Gasteiger partial charge in [-0.3, -0.25) is 0 Å². The Balaban J connectivity index is 0. The van der Waals surface area contributed by atoms with Crippen molar-refractivity contribution in [1.29, 1.82) is 0 Å². The van der Waals surface area contributed by atoms with Crippen molar-refractivity contribution >= 4 is 0 Å². The summed E-state index contributed by atoms with van der Waals surface area (Å²) in [6, 6.07) is 0. The van der Waals surface area contributed by atoms with E-state index in [1.165, 1.54) is 5.57 Å². The Kier molecular flexibility index (Phi) is 8.10. The first-order valence-electron chi connectivity index (χ1n) is 2.47. The Labute approximate surface area is 47.2 Å². The van der Waals surface area contributed by atoms with E-state index < -0.39 is 0 Å². The molecule has 0 amide bonds. The predicted octanol–water partition coefficient (Wildman–Crippen LogP) is 3.00. The smallest absolute Gasteiger partial charge is 0.0352 e. The van der Waals surface area contributed by atoms with E-state index in [9.17, 15) is 0 Å². The summed E-state index contributed by atoms with van der Waals surface area (Å²) in [6.45, 7) is 8.05. The molecule has 0 nitrogen and oxygen atoms in total. The van der Waals surface area contributed by atoms with Crippen molar-refractivity contribution in [1.82, 2.24) is 0 Å². The molecule has 0 aliphatic carbocycles. The van der Waals surface area contributed by atoms with Crippen LogP contribution in [-0.2, 0) is 0 Å². The fourth-order valence-electron chi connectivity index (χ4n) is 0.250. The molecule has 0 aliphatic rings. The molecular formula is C7H16. The molecule has 0 unspecified atom stereocenters. The van der Waals surface area contributed by atoms with E-state index in [0.717, 1.165) is 12.8 Å². The lowest BCUT2D eigenvalue weighted by Gasteiger charge is -1.89. The fraction of sp³-hybridized carbons (Fsp3) is 0.714. The van der Waals surface area contributed by atoms with Crippen LogP contribution in [0.3, 0.4) is 0 Å². The van der Waals surface area contributed by atoms with Crippen molar-refractivity contribution in [3.63, 3.8) is 0 Å². The summed E-state index contributed by atoms with van der Waals surface area (Å²) in [5.74, 6) is 0. The van der Waals surface area contributed by atoms with Gasteiger partial charge in [-0.15, -0.1) is 0 Å². The molecule has 0 bridgehead atoms. The average molecular weight is 100 g/mol. The van der Waals surface area contributed by atoms with Crippen LogP contribution in [0, 0.1) is 0 Å². The zero-order valence-corrected chi connectivity index (χ0v) is 4.62. The quantitative estimate of drug-likeness (QED) is 0.468. The summed E-state index contributed by atoms with van der Waals surface area (Å²) in [6.07, 6.45) is 2.27. The van der Waals surface area contributed by atoms with Crippen molar-refractivity contribution in [2.75, 3.05) is 0 Å². The van der Waals surface area contributed by atoms with Gasteiger partial charge in [-0.05, 0) is 12.8 Å². The van der Waals surface area contributed by atoms with Crippen molar-refractivity contribution in [2.45, 2.75) is 34.1 Å². The molecule has 0 aromatic rings. The highest BCUT2D eigenvalue weighted by Crippen LogP contribution is 1.98. The molecule has 0 aromatic carbocycles. The largest absolute Gasteiger partial charge is 0.0999 e. The molecule has 0 radical (unpaired) electrons. The zero-order valence-electron chi connectivity index (χ0n) is 4.62. The number of allylic oxidation sites excluding steroid dienone is 1. The summed E-state index contributed by atoms with van der Waals surface area (Å²) < 4.78 is 0. The maximum absolute atomic E-state index is 3.79. The summed E-state index contributed by atoms with van der Waals surface area (Å²) in [5, 5.41) is 0. The highest BCUT2D eigenvalue weighted by Gasteiger charge is 1.78. The van der Waals surface area contributed by atoms with E-state index >= 15 is 0 Å². The lowest BCUT2D eigenvalue weighted by Crippen LogP contribution is -1.68. The second kappa shape index (κ2) is 5.74. The van der Waals surface area contributed by atoms with Crippen LogP contribution in [0.4, 0.5) is 0 Å². The van der Waals surface area contributed by atoms with Gasteiger partial charge in [0, 0.05) is 0 Å². The molecule has 0 saturated heterocycles. The molecule has 0 saturated carbocycles. The van der Waals surface area contributed by atoms with Crippen LogP contribution in [0.1, 0.15) is 34.1 Å². The van der Waals surface area contributed by atoms with Gasteiger partial charge >= 0.3 is 0 Å². The van der Waals surface area contributed by atoms with E-state index in [-0.39, 0.29) is 7.43 Å². The van der Waals surface area contributed by atoms with E-state index in [2.05, 4.69) is 20.4 Å². The molecule has 0 rings (SSSR count). The molecule has 0 atom stereocenters. The van der Waals surface area contributed by atoms with Crippen LogP contribution in [0.25, 0.3) is 0 Å². The van der Waals surface area contributed by atoms with Gasteiger partial charge < -0.3 is 0 Å². The monoisotopic (exact) mass is 100 g/mol. The Morgan fingerprint density at radius 2 is 1.57 bits per heavy atom. The first-order valence-corrected chi connectivity index (χ1v) is 2.47. The molecule has 0 spiro atoms. The van der Waals surface area contributed by atoms with Gasteiger partial charge in [0.1, 0.15) is 0 Å². The normalized spacial score (nSPS) is 7.14. The van der Waals surface area contributed by atoms with Gasteiger partial charge in [0.05, 0.1) is 0 Å². The topological polar surface area (TPSA) is 0 Å². The predicted molar refractivity (Wildman–Crippen MR) is 36.5 cm³/mol. The summed E-state index contributed by atoms with van der Waals surface area (Å²) in [5.41, 5.74) is 1.34. The van der Waals surface area contributed by atoms with E-state index in [1.54, 1.807) is 0 Å². The summed E-state index contributed by atoms with van der Waals surface area (Å²) >= 11 is 0. The van der Waals surface area contributed by atoms with Crippen molar-refractivity contribution in [3.8, 4) is 0 Å². The van der Waals surface area contributed by atoms with Crippen LogP contribution in [0.2, 0.25) is 0 Å². The van der Waals surface area contributed by atoms with Crippen molar-refractivity contribution in [2.24, 2.45) is 0 Å². The Hall–Kier alpha value is -0.260. The third-order valence-electron chi connectivity index (χ3n) is 1.000. The van der Waals surface area contributed by atoms with Gasteiger partial charge in [0.15, 0.2) is 0 Å². The highest BCUT2D eigenvalue weighted by molar-refractivity contribution is 4.89. The number of rotatable bonds is 2. The Bertz CT molecular complexity index is 38.0. The lowest BCUT2D eigenvalue weighted by molar-refractivity contribution is 0.986. The molecule has 0 fully saturated rings. The maximum atomic E-state index is 3.79. The zero-order chi connectivity index (χ0) is 4.99. The minimum atomic E-state index is 0. The molecule has 44 valence electrons. The molecule has 0 heteroatoms. The first kappa shape index (κ1) is 9.88. The molecule has 0 aromatic heterocycles. The van der Waals surface area contributed by atoms with Crippen LogP contribution >= 0.6 is 0 Å². The number of hydrogen-bond acceptors (Lipinski definition) is 0. The minimum absolute atomic E-state index is 0. The summed E-state index contributed by atoms with van der Waals surface area (Å²) in [4.78, 5) is 0. The van der Waals surface area contributed by atoms with Gasteiger partial charge in [-0.1, -0.05) is 33.4 Å². The SMILES string of the molecule is C.C=C(CC)CC. The third-order valence-corrected chi connectivity index (χ3v) is 1.000. The van der Waals surface area contributed by atoms with Crippen LogP contribution in [0.5, 0.6) is 0 Å². The average Bonchev–Trinajstić information content (AvgIpc) is 1.65. The van der Waals surface area contributed by atoms with Gasteiger partial charge in [0.25, 0.3) is 0 Å². The standard InChI is InChI=1S/C6H12.CH4/c1-4-6(3)5-2;/h3-5H2,1-2H3;1H4. The maximum Gasteiger partial charge on any atom is -0.0352 e. The summed E-state index contributed by atoms with van der Waals surface area (Å²) in [7, 11) is 0. The van der Waals surface area contributed by atoms with E-state index in [1.807, 2.05) is 0 Å². The van der Waals surface area contributed by atoms with E-state index in [0.29, 0.717) is 0 Å². The van der Waals surface area contributed by atoms with Crippen LogP contribution in [-0.4, -0.2) is 0 Å². The first-order chi connectivity index (χ1) is 2.81. The molecule has 0 N–H and O–H groups in total. The second-order valence-electron chi connectivity index (χ2n) is 1.46. The van der Waals surface area contributed by atoms with Crippen molar-refractivity contribution in [3.05, 3.63) is 12.2 Å². The van der Waals surface area contributed by atoms with Gasteiger partial charge in [-0.2, -0.15) is 0 Å². The van der Waals surface area contributed by atoms with Gasteiger partial charge in [0.2, 0.25) is 0 Å². The Morgan fingerprint density at radius 1 is 1.29 bits per heavy atom.